The second-order valence-corrected chi connectivity index (χ2v) is 9.71. The van der Waals surface area contributed by atoms with Crippen LogP contribution in [0.2, 0.25) is 0 Å². The number of nitrogens with zero attached hydrogens (tertiary/aromatic N) is 2. The number of anilines is 1. The second-order valence-electron chi connectivity index (χ2n) is 7.80. The van der Waals surface area contributed by atoms with Crippen molar-refractivity contribution < 1.29 is 22.7 Å². The van der Waals surface area contributed by atoms with E-state index in [0.29, 0.717) is 41.7 Å². The molecule has 0 fully saturated rings. The van der Waals surface area contributed by atoms with Gasteiger partial charge in [0.15, 0.2) is 11.5 Å². The van der Waals surface area contributed by atoms with Crippen LogP contribution in [-0.2, 0) is 16.6 Å². The van der Waals surface area contributed by atoms with Crippen molar-refractivity contribution in [1.82, 2.24) is 5.43 Å². The van der Waals surface area contributed by atoms with Crippen LogP contribution in [0.3, 0.4) is 0 Å². The van der Waals surface area contributed by atoms with Crippen LogP contribution in [0.25, 0.3) is 0 Å². The Morgan fingerprint density at radius 2 is 1.59 bits per heavy atom. The molecule has 0 unspecified atom stereocenters. The van der Waals surface area contributed by atoms with Crippen LogP contribution >= 0.6 is 0 Å². The van der Waals surface area contributed by atoms with Crippen LogP contribution in [0.4, 0.5) is 5.69 Å². The standard InChI is InChI=1S/C25H25N3O5S/c1-18(21-12-13-23-24(16-21)33-15-14-32-23)26-27-25(29)20-10-8-19(9-11-20)17-28(34(2,30)31)22-6-4-3-5-7-22/h3-13,16H,14-15,17H2,1-2H3,(H,27,29)/b26-18-. The predicted molar refractivity (Wildman–Crippen MR) is 131 cm³/mol. The zero-order valence-corrected chi connectivity index (χ0v) is 19.7. The molecule has 1 heterocycles. The van der Waals surface area contributed by atoms with Gasteiger partial charge in [0.2, 0.25) is 10.0 Å². The van der Waals surface area contributed by atoms with Crippen LogP contribution in [0.1, 0.15) is 28.4 Å². The molecule has 1 amide bonds. The maximum Gasteiger partial charge on any atom is 0.271 e. The summed E-state index contributed by atoms with van der Waals surface area (Å²) in [5.74, 6) is 0.971. The van der Waals surface area contributed by atoms with Gasteiger partial charge < -0.3 is 9.47 Å². The molecule has 0 aromatic heterocycles. The Labute approximate surface area is 198 Å². The summed E-state index contributed by atoms with van der Waals surface area (Å²) in [5, 5.41) is 4.20. The van der Waals surface area contributed by atoms with Crippen molar-refractivity contribution in [1.29, 1.82) is 0 Å². The van der Waals surface area contributed by atoms with Gasteiger partial charge in [0.25, 0.3) is 5.91 Å². The first-order chi connectivity index (χ1) is 16.3. The number of hydrogen-bond donors (Lipinski definition) is 1. The molecule has 8 nitrogen and oxygen atoms in total. The van der Waals surface area contributed by atoms with Crippen LogP contribution in [0.5, 0.6) is 11.5 Å². The summed E-state index contributed by atoms with van der Waals surface area (Å²) in [6, 6.07) is 21.1. The highest BCUT2D eigenvalue weighted by molar-refractivity contribution is 7.92. The maximum atomic E-state index is 12.6. The van der Waals surface area contributed by atoms with Crippen LogP contribution in [0, 0.1) is 0 Å². The lowest BCUT2D eigenvalue weighted by Gasteiger charge is -2.22. The summed E-state index contributed by atoms with van der Waals surface area (Å²) in [5.41, 5.74) is 5.73. The van der Waals surface area contributed by atoms with E-state index in [4.69, 9.17) is 9.47 Å². The molecule has 0 saturated carbocycles. The molecule has 0 spiro atoms. The molecule has 3 aromatic carbocycles. The van der Waals surface area contributed by atoms with E-state index >= 15 is 0 Å². The molecule has 0 bridgehead atoms. The van der Waals surface area contributed by atoms with E-state index in [0.717, 1.165) is 11.1 Å². The SMILES string of the molecule is C/C(=N/NC(=O)c1ccc(CN(c2ccccc2)S(C)(=O)=O)cc1)c1ccc2c(c1)OCCO2. The highest BCUT2D eigenvalue weighted by Gasteiger charge is 2.18. The number of para-hydroxylation sites is 1. The van der Waals surface area contributed by atoms with E-state index in [9.17, 15) is 13.2 Å². The third-order valence-electron chi connectivity index (χ3n) is 5.27. The number of rotatable bonds is 7. The number of sulfonamides is 1. The number of fused-ring (bicyclic) bond motifs is 1. The molecular weight excluding hydrogens is 454 g/mol. The Morgan fingerprint density at radius 1 is 0.941 bits per heavy atom. The average molecular weight is 480 g/mol. The minimum absolute atomic E-state index is 0.159. The van der Waals surface area contributed by atoms with Crippen molar-refractivity contribution in [3.05, 3.63) is 89.5 Å². The topological polar surface area (TPSA) is 97.3 Å². The first-order valence-electron chi connectivity index (χ1n) is 10.7. The molecule has 0 atom stereocenters. The van der Waals surface area contributed by atoms with E-state index in [1.807, 2.05) is 24.3 Å². The molecule has 0 radical (unpaired) electrons. The maximum absolute atomic E-state index is 12.6. The quantitative estimate of drug-likeness (QED) is 0.413. The largest absolute Gasteiger partial charge is 0.486 e. The van der Waals surface area contributed by atoms with Crippen molar-refractivity contribution in [2.24, 2.45) is 5.10 Å². The molecule has 1 aliphatic rings. The minimum atomic E-state index is -3.47. The molecule has 34 heavy (non-hydrogen) atoms. The van der Waals surface area contributed by atoms with Gasteiger partial charge in [-0.1, -0.05) is 30.3 Å². The molecule has 176 valence electrons. The van der Waals surface area contributed by atoms with Gasteiger partial charge in [-0.3, -0.25) is 9.10 Å². The fourth-order valence-corrected chi connectivity index (χ4v) is 4.34. The van der Waals surface area contributed by atoms with Gasteiger partial charge in [-0.25, -0.2) is 13.8 Å². The number of carbonyl (C=O) groups excluding carboxylic acids is 1. The number of benzene rings is 3. The Bertz CT molecular complexity index is 1310. The summed E-state index contributed by atoms with van der Waals surface area (Å²) in [7, 11) is -3.47. The molecule has 1 N–H and O–H groups in total. The van der Waals surface area contributed by atoms with Crippen molar-refractivity contribution in [3.63, 3.8) is 0 Å². The summed E-state index contributed by atoms with van der Waals surface area (Å²) in [6.45, 7) is 2.96. The van der Waals surface area contributed by atoms with Crippen molar-refractivity contribution in [3.8, 4) is 11.5 Å². The van der Waals surface area contributed by atoms with Gasteiger partial charge in [-0.05, 0) is 55.0 Å². The number of hydrogen-bond acceptors (Lipinski definition) is 6. The number of nitrogens with one attached hydrogen (secondary N) is 1. The lowest BCUT2D eigenvalue weighted by Crippen LogP contribution is -2.29. The monoisotopic (exact) mass is 479 g/mol. The number of ether oxygens (including phenoxy) is 2. The van der Waals surface area contributed by atoms with Crippen LogP contribution < -0.4 is 19.2 Å². The fraction of sp³-hybridized carbons (Fsp3) is 0.200. The van der Waals surface area contributed by atoms with Crippen molar-refractivity contribution in [2.75, 3.05) is 23.8 Å². The number of carbonyl (C=O) groups is 1. The van der Waals surface area contributed by atoms with E-state index < -0.39 is 10.0 Å². The molecule has 0 aliphatic carbocycles. The van der Waals surface area contributed by atoms with E-state index in [1.54, 1.807) is 55.5 Å². The molecule has 4 rings (SSSR count). The first kappa shape index (κ1) is 23.3. The third kappa shape index (κ3) is 5.55. The second kappa shape index (κ2) is 9.96. The van der Waals surface area contributed by atoms with Crippen molar-refractivity contribution >= 4 is 27.3 Å². The van der Waals surface area contributed by atoms with Gasteiger partial charge in [0.1, 0.15) is 13.2 Å². The fourth-order valence-electron chi connectivity index (χ4n) is 3.45. The lowest BCUT2D eigenvalue weighted by atomic mass is 10.1. The molecular formula is C25H25N3O5S. The van der Waals surface area contributed by atoms with Gasteiger partial charge in [-0.2, -0.15) is 5.10 Å². The smallest absolute Gasteiger partial charge is 0.271 e. The van der Waals surface area contributed by atoms with Gasteiger partial charge in [0, 0.05) is 11.1 Å². The third-order valence-corrected chi connectivity index (χ3v) is 6.41. The Hall–Kier alpha value is -3.85. The Kier molecular flexibility index (Phi) is 6.83. The normalized spacial score (nSPS) is 13.3. The van der Waals surface area contributed by atoms with E-state index in [1.165, 1.54) is 10.6 Å². The molecule has 0 saturated heterocycles. The summed E-state index contributed by atoms with van der Waals surface area (Å²) < 4.78 is 37.0. The van der Waals surface area contributed by atoms with Gasteiger partial charge in [-0.15, -0.1) is 0 Å². The summed E-state index contributed by atoms with van der Waals surface area (Å²) in [6.07, 6.45) is 1.17. The zero-order valence-electron chi connectivity index (χ0n) is 18.9. The zero-order chi connectivity index (χ0) is 24.1. The highest BCUT2D eigenvalue weighted by atomic mass is 32.2. The minimum Gasteiger partial charge on any atom is -0.486 e. The highest BCUT2D eigenvalue weighted by Crippen LogP contribution is 2.30. The van der Waals surface area contributed by atoms with E-state index in [-0.39, 0.29) is 12.5 Å². The Balaban J connectivity index is 1.43. The molecule has 9 heteroatoms. The average Bonchev–Trinajstić information content (AvgIpc) is 2.85. The lowest BCUT2D eigenvalue weighted by molar-refractivity contribution is 0.0955. The predicted octanol–water partition coefficient (Wildman–Crippen LogP) is 3.58. The Morgan fingerprint density at radius 3 is 2.26 bits per heavy atom. The van der Waals surface area contributed by atoms with Crippen molar-refractivity contribution in [2.45, 2.75) is 13.5 Å². The van der Waals surface area contributed by atoms with Gasteiger partial charge in [0.05, 0.1) is 24.2 Å². The van der Waals surface area contributed by atoms with Gasteiger partial charge >= 0.3 is 0 Å². The summed E-state index contributed by atoms with van der Waals surface area (Å²) in [4.78, 5) is 12.6. The van der Waals surface area contributed by atoms with Crippen LogP contribution in [0.15, 0.2) is 77.9 Å². The number of hydrazone groups is 1. The first-order valence-corrected chi connectivity index (χ1v) is 12.5. The molecule has 3 aromatic rings. The number of amides is 1. The summed E-state index contributed by atoms with van der Waals surface area (Å²) >= 11 is 0. The van der Waals surface area contributed by atoms with Crippen LogP contribution in [-0.4, -0.2) is 39.5 Å². The molecule has 1 aliphatic heterocycles. The van der Waals surface area contributed by atoms with E-state index in [2.05, 4.69) is 10.5 Å².